The summed E-state index contributed by atoms with van der Waals surface area (Å²) in [4.78, 5) is 14.5. The first-order valence-electron chi connectivity index (χ1n) is 7.09. The summed E-state index contributed by atoms with van der Waals surface area (Å²) in [5, 5.41) is 9.81. The zero-order valence-corrected chi connectivity index (χ0v) is 12.6. The number of rotatable bonds is 4. The Morgan fingerprint density at radius 3 is 2.86 bits per heavy atom. The van der Waals surface area contributed by atoms with E-state index < -0.39 is 29.9 Å². The molecule has 1 aromatic carbocycles. The molecule has 1 fully saturated rings. The summed E-state index contributed by atoms with van der Waals surface area (Å²) < 4.78 is 32.3. The van der Waals surface area contributed by atoms with Crippen LogP contribution < -0.4 is 0 Å². The fourth-order valence-electron chi connectivity index (χ4n) is 2.60. The first-order chi connectivity index (χ1) is 10.4. The van der Waals surface area contributed by atoms with Crippen LogP contribution in [-0.2, 0) is 4.74 Å². The minimum atomic E-state index is -0.614. The largest absolute Gasteiger partial charge is 0.448 e. The number of likely N-dealkylation sites (tertiary alicyclic amines) is 1. The summed E-state index contributed by atoms with van der Waals surface area (Å²) in [6.45, 7) is 0.800. The van der Waals surface area contributed by atoms with Gasteiger partial charge in [-0.1, -0.05) is 0 Å². The van der Waals surface area contributed by atoms with Crippen molar-refractivity contribution in [1.29, 1.82) is 0 Å². The van der Waals surface area contributed by atoms with Crippen molar-refractivity contribution in [3.8, 4) is 0 Å². The Bertz CT molecular complexity index is 540. The second-order valence-electron chi connectivity index (χ2n) is 5.57. The Kier molecular flexibility index (Phi) is 5.31. The van der Waals surface area contributed by atoms with Gasteiger partial charge in [0.05, 0.1) is 6.10 Å². The van der Waals surface area contributed by atoms with E-state index in [1.54, 1.807) is 19.0 Å². The van der Waals surface area contributed by atoms with Crippen LogP contribution in [0, 0.1) is 11.6 Å². The van der Waals surface area contributed by atoms with Crippen molar-refractivity contribution in [3.05, 3.63) is 35.4 Å². The maximum atomic E-state index is 13.9. The van der Waals surface area contributed by atoms with E-state index in [2.05, 4.69) is 0 Å². The van der Waals surface area contributed by atoms with E-state index in [1.807, 2.05) is 0 Å². The predicted octanol–water partition coefficient (Wildman–Crippen LogP) is 1.77. The number of hydrogen-bond donors (Lipinski definition) is 1. The van der Waals surface area contributed by atoms with E-state index in [-0.39, 0.29) is 12.2 Å². The fraction of sp³-hybridized carbons (Fsp3) is 0.533. The summed E-state index contributed by atoms with van der Waals surface area (Å²) in [6, 6.07) is 2.87. The molecule has 1 aromatic rings. The molecule has 0 radical (unpaired) electrons. The van der Waals surface area contributed by atoms with Crippen LogP contribution >= 0.6 is 0 Å². The van der Waals surface area contributed by atoms with E-state index >= 15 is 0 Å². The van der Waals surface area contributed by atoms with Gasteiger partial charge in [0.15, 0.2) is 0 Å². The van der Waals surface area contributed by atoms with Crippen LogP contribution in [0.5, 0.6) is 0 Å². The first kappa shape index (κ1) is 16.6. The third-order valence-corrected chi connectivity index (χ3v) is 3.67. The molecule has 2 rings (SSSR count). The molecule has 2 atom stereocenters. The van der Waals surface area contributed by atoms with Crippen molar-refractivity contribution in [2.75, 3.05) is 33.8 Å². The van der Waals surface area contributed by atoms with Crippen LogP contribution in [0.25, 0.3) is 0 Å². The summed E-state index contributed by atoms with van der Waals surface area (Å²) in [6.07, 6.45) is -0.757. The van der Waals surface area contributed by atoms with E-state index in [4.69, 9.17) is 4.74 Å². The average Bonchev–Trinajstić information content (AvgIpc) is 2.82. The minimum absolute atomic E-state index is 0.122. The lowest BCUT2D eigenvalue weighted by molar-refractivity contribution is 0.0980. The minimum Gasteiger partial charge on any atom is -0.448 e. The normalized spacial score (nSPS) is 21.9. The second-order valence-corrected chi connectivity index (χ2v) is 5.57. The van der Waals surface area contributed by atoms with Gasteiger partial charge in [0.2, 0.25) is 0 Å². The second kappa shape index (κ2) is 7.02. The number of hydrogen-bond acceptors (Lipinski definition) is 4. The van der Waals surface area contributed by atoms with Gasteiger partial charge >= 0.3 is 6.09 Å². The van der Waals surface area contributed by atoms with Gasteiger partial charge in [-0.3, -0.25) is 4.90 Å². The Morgan fingerprint density at radius 1 is 1.45 bits per heavy atom. The molecule has 0 bridgehead atoms. The number of nitrogens with zero attached hydrogens (tertiary/aromatic N) is 2. The van der Waals surface area contributed by atoms with E-state index in [0.717, 1.165) is 18.2 Å². The van der Waals surface area contributed by atoms with Crippen molar-refractivity contribution in [2.24, 2.45) is 0 Å². The predicted molar refractivity (Wildman–Crippen MR) is 76.3 cm³/mol. The van der Waals surface area contributed by atoms with Crippen molar-refractivity contribution >= 4 is 6.09 Å². The number of β-amino-alcohol motifs (C(OH)–C–C–N with tert-alkyl or cyclic N) is 1. The summed E-state index contributed by atoms with van der Waals surface area (Å²) in [5.74, 6) is -1.02. The summed E-state index contributed by atoms with van der Waals surface area (Å²) in [5.41, 5.74) is 0.218. The van der Waals surface area contributed by atoms with Crippen LogP contribution in [0.4, 0.5) is 13.6 Å². The number of aliphatic hydroxyl groups excluding tert-OH is 1. The molecule has 0 aliphatic carbocycles. The molecule has 1 amide bonds. The summed E-state index contributed by atoms with van der Waals surface area (Å²) >= 11 is 0. The molecule has 1 saturated heterocycles. The number of amides is 1. The highest BCUT2D eigenvalue weighted by Crippen LogP contribution is 2.33. The maximum absolute atomic E-state index is 13.9. The van der Waals surface area contributed by atoms with Crippen LogP contribution in [0.3, 0.4) is 0 Å². The average molecular weight is 314 g/mol. The number of benzene rings is 1. The Morgan fingerprint density at radius 2 is 2.18 bits per heavy atom. The molecule has 122 valence electrons. The number of ether oxygens (including phenoxy) is 1. The molecule has 5 nitrogen and oxygen atoms in total. The number of carbonyl (C=O) groups excluding carboxylic acids is 1. The van der Waals surface area contributed by atoms with E-state index in [9.17, 15) is 18.7 Å². The molecule has 0 saturated carbocycles. The Balaban J connectivity index is 2.03. The topological polar surface area (TPSA) is 53.0 Å². The van der Waals surface area contributed by atoms with Crippen molar-refractivity contribution < 1.29 is 23.4 Å². The third-order valence-electron chi connectivity index (χ3n) is 3.67. The lowest BCUT2D eigenvalue weighted by Crippen LogP contribution is -2.31. The van der Waals surface area contributed by atoms with E-state index in [0.29, 0.717) is 19.5 Å². The molecule has 1 aliphatic rings. The molecule has 1 aliphatic heterocycles. The smallest absolute Gasteiger partial charge is 0.409 e. The highest BCUT2D eigenvalue weighted by atomic mass is 19.1. The first-order valence-corrected chi connectivity index (χ1v) is 7.09. The molecule has 0 aromatic heterocycles. The van der Waals surface area contributed by atoms with Gasteiger partial charge in [0.1, 0.15) is 18.2 Å². The highest BCUT2D eigenvalue weighted by Gasteiger charge is 2.33. The SMILES string of the molecule is CN(C)C(=O)OCCN1CC(O)CC1c1cc(F)ccc1F. The molecule has 1 heterocycles. The number of halogens is 2. The molecule has 0 spiro atoms. The quantitative estimate of drug-likeness (QED) is 0.920. The molecular formula is C15H20F2N2O3. The number of carbonyl (C=O) groups is 1. The van der Waals surface area contributed by atoms with Crippen LogP contribution in [0.2, 0.25) is 0 Å². The molecule has 7 heteroatoms. The van der Waals surface area contributed by atoms with Gasteiger partial charge in [0.25, 0.3) is 0 Å². The molecule has 22 heavy (non-hydrogen) atoms. The highest BCUT2D eigenvalue weighted by molar-refractivity contribution is 5.66. The standard InChI is InChI=1S/C15H20F2N2O3/c1-18(2)15(21)22-6-5-19-9-11(20)8-14(19)12-7-10(16)3-4-13(12)17/h3-4,7,11,14,20H,5-6,8-9H2,1-2H3. The summed E-state index contributed by atoms with van der Waals surface area (Å²) in [7, 11) is 3.15. The lowest BCUT2D eigenvalue weighted by Gasteiger charge is -2.24. The zero-order valence-electron chi connectivity index (χ0n) is 12.6. The van der Waals surface area contributed by atoms with Crippen molar-refractivity contribution in [3.63, 3.8) is 0 Å². The zero-order chi connectivity index (χ0) is 16.3. The number of aliphatic hydroxyl groups is 1. The molecule has 1 N–H and O–H groups in total. The van der Waals surface area contributed by atoms with Gasteiger partial charge in [-0.05, 0) is 24.6 Å². The van der Waals surface area contributed by atoms with Gasteiger partial charge in [0, 0.05) is 38.8 Å². The van der Waals surface area contributed by atoms with Gasteiger partial charge in [-0.2, -0.15) is 0 Å². The maximum Gasteiger partial charge on any atom is 0.409 e. The van der Waals surface area contributed by atoms with E-state index in [1.165, 1.54) is 4.90 Å². The lowest BCUT2D eigenvalue weighted by atomic mass is 10.0. The van der Waals surface area contributed by atoms with Crippen molar-refractivity contribution in [1.82, 2.24) is 9.80 Å². The van der Waals surface area contributed by atoms with Crippen LogP contribution in [0.15, 0.2) is 18.2 Å². The van der Waals surface area contributed by atoms with Crippen molar-refractivity contribution in [2.45, 2.75) is 18.6 Å². The third kappa shape index (κ3) is 3.92. The van der Waals surface area contributed by atoms with Crippen LogP contribution in [0.1, 0.15) is 18.0 Å². The van der Waals surface area contributed by atoms with Gasteiger partial charge < -0.3 is 14.7 Å². The van der Waals surface area contributed by atoms with Gasteiger partial charge in [-0.15, -0.1) is 0 Å². The Hall–Kier alpha value is -1.73. The molecular weight excluding hydrogens is 294 g/mol. The molecule has 2 unspecified atom stereocenters. The Labute approximate surface area is 128 Å². The monoisotopic (exact) mass is 314 g/mol. The van der Waals surface area contributed by atoms with Gasteiger partial charge in [-0.25, -0.2) is 13.6 Å². The van der Waals surface area contributed by atoms with Crippen LogP contribution in [-0.4, -0.2) is 60.9 Å². The fourth-order valence-corrected chi connectivity index (χ4v) is 2.60.